The van der Waals surface area contributed by atoms with Crippen LogP contribution in [-0.4, -0.2) is 34.1 Å². The van der Waals surface area contributed by atoms with Crippen molar-refractivity contribution in [3.8, 4) is 0 Å². The van der Waals surface area contributed by atoms with Crippen LogP contribution < -0.4 is 0 Å². The molecule has 1 N–H and O–H groups in total. The van der Waals surface area contributed by atoms with E-state index in [4.69, 9.17) is 0 Å². The van der Waals surface area contributed by atoms with Crippen molar-refractivity contribution < 1.29 is 9.90 Å². The third-order valence-corrected chi connectivity index (χ3v) is 4.84. The highest BCUT2D eigenvalue weighted by Gasteiger charge is 2.43. The predicted octanol–water partition coefficient (Wildman–Crippen LogP) is 2.50. The molecule has 0 aromatic carbocycles. The molecule has 1 atom stereocenters. The average Bonchev–Trinajstić information content (AvgIpc) is 2.73. The number of carbonyl (C=O) groups is 1. The lowest BCUT2D eigenvalue weighted by atomic mass is 9.99. The SMILES string of the molecule is CC1(C)C(O)CCN1C(=O)c1cc(Br)cs1. The summed E-state index contributed by atoms with van der Waals surface area (Å²) >= 11 is 4.77. The van der Waals surface area contributed by atoms with Crippen LogP contribution in [0.3, 0.4) is 0 Å². The molecule has 1 aliphatic rings. The average molecular weight is 304 g/mol. The predicted molar refractivity (Wildman–Crippen MR) is 67.8 cm³/mol. The Bertz CT molecular complexity index is 416. The first-order valence-electron chi connectivity index (χ1n) is 5.17. The van der Waals surface area contributed by atoms with E-state index in [2.05, 4.69) is 15.9 Å². The van der Waals surface area contributed by atoms with Gasteiger partial charge >= 0.3 is 0 Å². The minimum Gasteiger partial charge on any atom is -0.391 e. The van der Waals surface area contributed by atoms with Crippen molar-refractivity contribution in [3.05, 3.63) is 20.8 Å². The second-order valence-corrected chi connectivity index (χ2v) is 6.37. The largest absolute Gasteiger partial charge is 0.391 e. The summed E-state index contributed by atoms with van der Waals surface area (Å²) < 4.78 is 0.929. The Balaban J connectivity index is 2.23. The quantitative estimate of drug-likeness (QED) is 0.866. The van der Waals surface area contributed by atoms with Gasteiger partial charge in [0, 0.05) is 16.4 Å². The van der Waals surface area contributed by atoms with Gasteiger partial charge in [0.05, 0.1) is 16.5 Å². The van der Waals surface area contributed by atoms with E-state index in [-0.39, 0.29) is 5.91 Å². The number of hydrogen-bond donors (Lipinski definition) is 1. The molecular weight excluding hydrogens is 290 g/mol. The summed E-state index contributed by atoms with van der Waals surface area (Å²) in [4.78, 5) is 14.7. The molecule has 0 aliphatic carbocycles. The molecular formula is C11H14BrNO2S. The van der Waals surface area contributed by atoms with Gasteiger partial charge < -0.3 is 10.0 Å². The van der Waals surface area contributed by atoms with Gasteiger partial charge in [0.25, 0.3) is 5.91 Å². The minimum absolute atomic E-state index is 0.0113. The number of likely N-dealkylation sites (tertiary alicyclic amines) is 1. The lowest BCUT2D eigenvalue weighted by molar-refractivity contribution is 0.0398. The highest BCUT2D eigenvalue weighted by molar-refractivity contribution is 9.10. The first kappa shape index (κ1) is 12.1. The van der Waals surface area contributed by atoms with Gasteiger partial charge in [-0.1, -0.05) is 0 Å². The topological polar surface area (TPSA) is 40.5 Å². The van der Waals surface area contributed by atoms with Gasteiger partial charge in [0.1, 0.15) is 0 Å². The molecule has 1 aromatic heterocycles. The number of hydrogen-bond acceptors (Lipinski definition) is 3. The van der Waals surface area contributed by atoms with E-state index in [1.165, 1.54) is 11.3 Å². The lowest BCUT2D eigenvalue weighted by Crippen LogP contribution is -2.47. The van der Waals surface area contributed by atoms with Gasteiger partial charge in [-0.3, -0.25) is 4.79 Å². The number of nitrogens with zero attached hydrogens (tertiary/aromatic N) is 1. The molecule has 2 rings (SSSR count). The second kappa shape index (κ2) is 4.13. The Labute approximate surface area is 107 Å². The molecule has 1 aliphatic heterocycles. The molecule has 2 heterocycles. The summed E-state index contributed by atoms with van der Waals surface area (Å²) in [5.74, 6) is 0.0113. The maximum absolute atomic E-state index is 12.2. The van der Waals surface area contributed by atoms with Crippen LogP contribution in [0.5, 0.6) is 0 Å². The number of aliphatic hydroxyl groups excluding tert-OH is 1. The molecule has 0 radical (unpaired) electrons. The normalized spacial score (nSPS) is 23.8. The van der Waals surface area contributed by atoms with Crippen LogP contribution >= 0.6 is 27.3 Å². The Morgan fingerprint density at radius 2 is 2.38 bits per heavy atom. The highest BCUT2D eigenvalue weighted by atomic mass is 79.9. The fraction of sp³-hybridized carbons (Fsp3) is 0.545. The minimum atomic E-state index is -0.465. The first-order valence-corrected chi connectivity index (χ1v) is 6.84. The molecule has 1 aromatic rings. The Kier molecular flexibility index (Phi) is 3.11. The zero-order valence-electron chi connectivity index (χ0n) is 9.24. The number of amides is 1. The van der Waals surface area contributed by atoms with E-state index in [1.807, 2.05) is 25.3 Å². The van der Waals surface area contributed by atoms with Gasteiger partial charge in [-0.15, -0.1) is 11.3 Å². The fourth-order valence-corrected chi connectivity index (χ4v) is 3.37. The Hall–Kier alpha value is -0.390. The Morgan fingerprint density at radius 3 is 2.81 bits per heavy atom. The molecule has 16 heavy (non-hydrogen) atoms. The van der Waals surface area contributed by atoms with E-state index >= 15 is 0 Å². The maximum Gasteiger partial charge on any atom is 0.264 e. The van der Waals surface area contributed by atoms with Crippen LogP contribution in [0.1, 0.15) is 29.9 Å². The van der Waals surface area contributed by atoms with Crippen molar-refractivity contribution in [2.24, 2.45) is 0 Å². The third kappa shape index (κ3) is 1.92. The third-order valence-electron chi connectivity index (χ3n) is 3.16. The smallest absolute Gasteiger partial charge is 0.264 e. The summed E-state index contributed by atoms with van der Waals surface area (Å²) in [6, 6.07) is 1.83. The molecule has 0 spiro atoms. The van der Waals surface area contributed by atoms with Crippen LogP contribution in [0.4, 0.5) is 0 Å². The molecule has 88 valence electrons. The molecule has 0 saturated carbocycles. The molecule has 1 amide bonds. The molecule has 3 nitrogen and oxygen atoms in total. The van der Waals surface area contributed by atoms with Gasteiger partial charge in [-0.2, -0.15) is 0 Å². The zero-order valence-corrected chi connectivity index (χ0v) is 11.6. The number of thiophene rings is 1. The van der Waals surface area contributed by atoms with Crippen LogP contribution in [0.2, 0.25) is 0 Å². The van der Waals surface area contributed by atoms with E-state index in [0.717, 1.165) is 4.47 Å². The highest BCUT2D eigenvalue weighted by Crippen LogP contribution is 2.32. The van der Waals surface area contributed by atoms with Crippen molar-refractivity contribution in [1.82, 2.24) is 4.90 Å². The molecule has 1 fully saturated rings. The van der Waals surface area contributed by atoms with Crippen molar-refractivity contribution in [3.63, 3.8) is 0 Å². The number of rotatable bonds is 1. The number of carbonyl (C=O) groups excluding carboxylic acids is 1. The lowest BCUT2D eigenvalue weighted by Gasteiger charge is -2.33. The summed E-state index contributed by atoms with van der Waals surface area (Å²) in [5.41, 5.74) is -0.465. The van der Waals surface area contributed by atoms with E-state index in [9.17, 15) is 9.90 Å². The summed E-state index contributed by atoms with van der Waals surface area (Å²) in [7, 11) is 0. The number of aliphatic hydroxyl groups is 1. The Morgan fingerprint density at radius 1 is 1.69 bits per heavy atom. The number of halogens is 1. The van der Waals surface area contributed by atoms with Crippen molar-refractivity contribution >= 4 is 33.2 Å². The van der Waals surface area contributed by atoms with E-state index in [0.29, 0.717) is 17.8 Å². The van der Waals surface area contributed by atoms with Gasteiger partial charge in [-0.25, -0.2) is 0 Å². The van der Waals surface area contributed by atoms with Gasteiger partial charge in [0.2, 0.25) is 0 Å². The standard InChI is InChI=1S/C11H14BrNO2S/c1-11(2)9(14)3-4-13(11)10(15)8-5-7(12)6-16-8/h5-6,9,14H,3-4H2,1-2H3. The van der Waals surface area contributed by atoms with Gasteiger partial charge in [0.15, 0.2) is 0 Å². The molecule has 5 heteroatoms. The van der Waals surface area contributed by atoms with Crippen LogP contribution in [0.25, 0.3) is 0 Å². The fourth-order valence-electron chi connectivity index (χ4n) is 1.99. The molecule has 0 bridgehead atoms. The van der Waals surface area contributed by atoms with Crippen molar-refractivity contribution in [1.29, 1.82) is 0 Å². The summed E-state index contributed by atoms with van der Waals surface area (Å²) in [6.07, 6.45) is 0.227. The van der Waals surface area contributed by atoms with Gasteiger partial charge in [-0.05, 0) is 42.3 Å². The zero-order chi connectivity index (χ0) is 11.9. The van der Waals surface area contributed by atoms with Crippen molar-refractivity contribution in [2.75, 3.05) is 6.54 Å². The summed E-state index contributed by atoms with van der Waals surface area (Å²) in [5, 5.41) is 11.7. The molecule has 1 unspecified atom stereocenters. The van der Waals surface area contributed by atoms with E-state index < -0.39 is 11.6 Å². The van der Waals surface area contributed by atoms with Crippen LogP contribution in [0.15, 0.2) is 15.9 Å². The van der Waals surface area contributed by atoms with Crippen molar-refractivity contribution in [2.45, 2.75) is 31.9 Å². The second-order valence-electron chi connectivity index (χ2n) is 4.54. The van der Waals surface area contributed by atoms with Crippen LogP contribution in [0, 0.1) is 0 Å². The maximum atomic E-state index is 12.2. The molecule has 1 saturated heterocycles. The van der Waals surface area contributed by atoms with Crippen LogP contribution in [-0.2, 0) is 0 Å². The van der Waals surface area contributed by atoms with E-state index in [1.54, 1.807) is 4.90 Å². The summed E-state index contributed by atoms with van der Waals surface area (Å²) in [6.45, 7) is 4.44. The monoisotopic (exact) mass is 303 g/mol. The first-order chi connectivity index (χ1) is 7.43.